The predicted octanol–water partition coefficient (Wildman–Crippen LogP) is 3.91. The van der Waals surface area contributed by atoms with E-state index in [0.717, 1.165) is 35.4 Å². The zero-order valence-electron chi connectivity index (χ0n) is 11.9. The lowest BCUT2D eigenvalue weighted by molar-refractivity contribution is -0.117. The highest BCUT2D eigenvalue weighted by Crippen LogP contribution is 2.37. The van der Waals surface area contributed by atoms with E-state index in [1.807, 2.05) is 42.5 Å². The van der Waals surface area contributed by atoms with Crippen molar-refractivity contribution in [2.24, 2.45) is 10.9 Å². The van der Waals surface area contributed by atoms with Gasteiger partial charge in [0, 0.05) is 16.1 Å². The fraction of sp³-hybridized carbons (Fsp3) is 0.222. The molecule has 110 valence electrons. The minimum Gasteiger partial charge on any atom is -0.324 e. The minimum atomic E-state index is -0.304. The van der Waals surface area contributed by atoms with E-state index in [4.69, 9.17) is 16.6 Å². The third kappa shape index (κ3) is 2.42. The normalized spacial score (nSPS) is 20.7. The van der Waals surface area contributed by atoms with Crippen molar-refractivity contribution in [2.75, 3.05) is 5.32 Å². The molecule has 0 aromatic heterocycles. The Bertz CT molecular complexity index is 766. The van der Waals surface area contributed by atoms with Crippen molar-refractivity contribution < 1.29 is 4.79 Å². The summed E-state index contributed by atoms with van der Waals surface area (Å²) >= 11 is 6.16. The summed E-state index contributed by atoms with van der Waals surface area (Å²) in [4.78, 5) is 17.3. The molecule has 4 rings (SSSR count). The smallest absolute Gasteiger partial charge is 0.249 e. The first-order chi connectivity index (χ1) is 10.7. The number of rotatable bonds is 2. The van der Waals surface area contributed by atoms with E-state index in [9.17, 15) is 4.79 Å². The van der Waals surface area contributed by atoms with Crippen molar-refractivity contribution in [3.63, 3.8) is 0 Å². The van der Waals surface area contributed by atoms with Gasteiger partial charge in [0.2, 0.25) is 5.91 Å². The number of fused-ring (bicyclic) bond motifs is 1. The van der Waals surface area contributed by atoms with Gasteiger partial charge in [0.1, 0.15) is 6.04 Å². The third-order valence-electron chi connectivity index (χ3n) is 4.15. The summed E-state index contributed by atoms with van der Waals surface area (Å²) in [7, 11) is 0. The molecule has 1 amide bonds. The number of carbonyl (C=O) groups is 1. The van der Waals surface area contributed by atoms with Crippen LogP contribution in [0.25, 0.3) is 0 Å². The summed E-state index contributed by atoms with van der Waals surface area (Å²) < 4.78 is 0. The molecule has 2 aromatic rings. The van der Waals surface area contributed by atoms with Gasteiger partial charge in [0.15, 0.2) is 0 Å². The number of aliphatic imine (C=N–C) groups is 1. The van der Waals surface area contributed by atoms with E-state index in [0.29, 0.717) is 10.9 Å². The third-order valence-corrected chi connectivity index (χ3v) is 4.38. The van der Waals surface area contributed by atoms with Gasteiger partial charge in [-0.05, 0) is 37.0 Å². The van der Waals surface area contributed by atoms with Gasteiger partial charge < -0.3 is 5.32 Å². The van der Waals surface area contributed by atoms with Gasteiger partial charge in [-0.1, -0.05) is 41.9 Å². The second-order valence-electron chi connectivity index (χ2n) is 5.81. The summed E-state index contributed by atoms with van der Waals surface area (Å²) in [6.07, 6.45) is 2.14. The Kier molecular flexibility index (Phi) is 3.23. The van der Waals surface area contributed by atoms with Crippen LogP contribution in [0.3, 0.4) is 0 Å². The quantitative estimate of drug-likeness (QED) is 0.897. The van der Waals surface area contributed by atoms with Gasteiger partial charge in [0.25, 0.3) is 0 Å². The number of anilines is 1. The van der Waals surface area contributed by atoms with Crippen LogP contribution in [0.5, 0.6) is 0 Å². The maximum atomic E-state index is 12.5. The lowest BCUT2D eigenvalue weighted by Crippen LogP contribution is -2.27. The van der Waals surface area contributed by atoms with Gasteiger partial charge in [-0.3, -0.25) is 9.79 Å². The van der Waals surface area contributed by atoms with Gasteiger partial charge in [-0.15, -0.1) is 0 Å². The molecule has 0 spiro atoms. The maximum Gasteiger partial charge on any atom is 0.249 e. The molecule has 2 aliphatic rings. The molecule has 3 nitrogen and oxygen atoms in total. The zero-order chi connectivity index (χ0) is 15.1. The molecule has 1 heterocycles. The molecular formula is C18H15ClN2O. The first-order valence-electron chi connectivity index (χ1n) is 7.46. The van der Waals surface area contributed by atoms with Crippen molar-refractivity contribution in [1.82, 2.24) is 0 Å². The average Bonchev–Trinajstić information content (AvgIpc) is 3.35. The van der Waals surface area contributed by atoms with Crippen molar-refractivity contribution in [2.45, 2.75) is 18.9 Å². The summed E-state index contributed by atoms with van der Waals surface area (Å²) in [6.45, 7) is 0. The number of hydrogen-bond acceptors (Lipinski definition) is 2. The molecule has 1 N–H and O–H groups in total. The fourth-order valence-electron chi connectivity index (χ4n) is 2.85. The number of nitrogens with one attached hydrogen (secondary N) is 1. The van der Waals surface area contributed by atoms with Crippen LogP contribution < -0.4 is 5.32 Å². The van der Waals surface area contributed by atoms with Crippen LogP contribution in [0.2, 0.25) is 5.02 Å². The maximum absolute atomic E-state index is 12.5. The van der Waals surface area contributed by atoms with Gasteiger partial charge in [-0.2, -0.15) is 0 Å². The first-order valence-corrected chi connectivity index (χ1v) is 7.84. The Morgan fingerprint density at radius 3 is 2.59 bits per heavy atom. The topological polar surface area (TPSA) is 41.5 Å². The summed E-state index contributed by atoms with van der Waals surface area (Å²) in [6, 6.07) is 15.2. The van der Waals surface area contributed by atoms with Crippen LogP contribution in [0.4, 0.5) is 5.69 Å². The average molecular weight is 311 g/mol. The molecule has 1 saturated carbocycles. The second-order valence-corrected chi connectivity index (χ2v) is 6.24. The lowest BCUT2D eigenvalue weighted by atomic mass is 10.0. The fourth-order valence-corrected chi connectivity index (χ4v) is 3.02. The molecule has 1 fully saturated rings. The monoisotopic (exact) mass is 310 g/mol. The number of halogens is 1. The number of hydrogen-bond donors (Lipinski definition) is 1. The van der Waals surface area contributed by atoms with Gasteiger partial charge in [-0.25, -0.2) is 0 Å². The number of carbonyl (C=O) groups excluding carboxylic acids is 1. The van der Waals surface area contributed by atoms with Crippen LogP contribution in [0.1, 0.15) is 24.0 Å². The lowest BCUT2D eigenvalue weighted by Gasteiger charge is -2.10. The van der Waals surface area contributed by atoms with Crippen molar-refractivity contribution in [1.29, 1.82) is 0 Å². The SMILES string of the molecule is O=C1Nc2ccc(Cl)cc2C(c2ccccc2)=NC1C1CC1. The van der Waals surface area contributed by atoms with Crippen LogP contribution in [0, 0.1) is 5.92 Å². The highest BCUT2D eigenvalue weighted by molar-refractivity contribution is 6.32. The molecule has 0 radical (unpaired) electrons. The van der Waals surface area contributed by atoms with Gasteiger partial charge in [0.05, 0.1) is 11.4 Å². The summed E-state index contributed by atoms with van der Waals surface area (Å²) in [5.74, 6) is 0.348. The predicted molar refractivity (Wildman–Crippen MR) is 88.7 cm³/mol. The minimum absolute atomic E-state index is 0.0167. The Hall–Kier alpha value is -2.13. The highest BCUT2D eigenvalue weighted by atomic mass is 35.5. The molecule has 4 heteroatoms. The largest absolute Gasteiger partial charge is 0.324 e. The molecule has 1 atom stereocenters. The van der Waals surface area contributed by atoms with E-state index < -0.39 is 0 Å². The van der Waals surface area contributed by atoms with Gasteiger partial charge >= 0.3 is 0 Å². The Morgan fingerprint density at radius 1 is 1.09 bits per heavy atom. The van der Waals surface area contributed by atoms with E-state index in [1.54, 1.807) is 6.07 Å². The number of benzodiazepines with no additional fused rings is 1. The first kappa shape index (κ1) is 13.5. The molecule has 1 aliphatic carbocycles. The number of amides is 1. The zero-order valence-corrected chi connectivity index (χ0v) is 12.7. The molecule has 0 bridgehead atoms. The van der Waals surface area contributed by atoms with E-state index in [-0.39, 0.29) is 11.9 Å². The summed E-state index contributed by atoms with van der Waals surface area (Å²) in [5.41, 5.74) is 3.51. The molecule has 1 aliphatic heterocycles. The Labute approximate surface area is 134 Å². The van der Waals surface area contributed by atoms with Crippen LogP contribution in [0.15, 0.2) is 53.5 Å². The highest BCUT2D eigenvalue weighted by Gasteiger charge is 2.38. The molecule has 0 saturated heterocycles. The molecule has 1 unspecified atom stereocenters. The van der Waals surface area contributed by atoms with Crippen molar-refractivity contribution in [3.05, 3.63) is 64.7 Å². The van der Waals surface area contributed by atoms with E-state index >= 15 is 0 Å². The Balaban J connectivity index is 1.91. The standard InChI is InChI=1S/C18H15ClN2O/c19-13-8-9-15-14(10-13)16(11-4-2-1-3-5-11)21-17(12-6-7-12)18(22)20-15/h1-5,8-10,12,17H,6-7H2,(H,20,22). The van der Waals surface area contributed by atoms with Crippen LogP contribution in [-0.2, 0) is 4.79 Å². The van der Waals surface area contributed by atoms with Crippen LogP contribution >= 0.6 is 11.6 Å². The molecule has 22 heavy (non-hydrogen) atoms. The van der Waals surface area contributed by atoms with Crippen molar-refractivity contribution >= 4 is 28.9 Å². The second kappa shape index (κ2) is 5.25. The Morgan fingerprint density at radius 2 is 1.86 bits per heavy atom. The van der Waals surface area contributed by atoms with E-state index in [1.165, 1.54) is 0 Å². The number of nitrogens with zero attached hydrogens (tertiary/aromatic N) is 1. The molecular weight excluding hydrogens is 296 g/mol. The van der Waals surface area contributed by atoms with Crippen molar-refractivity contribution in [3.8, 4) is 0 Å². The number of benzene rings is 2. The summed E-state index contributed by atoms with van der Waals surface area (Å²) in [5, 5.41) is 3.65. The van der Waals surface area contributed by atoms with Crippen LogP contribution in [-0.4, -0.2) is 17.7 Å². The molecule has 2 aromatic carbocycles. The van der Waals surface area contributed by atoms with E-state index in [2.05, 4.69) is 5.32 Å².